The highest BCUT2D eigenvalue weighted by atomic mass is 35.5. The van der Waals surface area contributed by atoms with Crippen molar-refractivity contribution in [2.45, 2.75) is 51.0 Å². The minimum Gasteiger partial charge on any atom is -0.381 e. The SMILES string of the molecule is C#CCCN(CC(C(=O)N1CCN(c2ncnc3c2C(C)CC3)CC1)C1C=CC=C(Cl)C=C1)C1CCOCC1. The molecule has 1 amide bonds. The Balaban J connectivity index is 1.32. The van der Waals surface area contributed by atoms with E-state index in [1.165, 1.54) is 11.3 Å². The van der Waals surface area contributed by atoms with Crippen LogP contribution in [0.1, 0.15) is 49.8 Å². The number of hydrogen-bond donors (Lipinski definition) is 0. The van der Waals surface area contributed by atoms with Crippen LogP contribution < -0.4 is 4.90 Å². The lowest BCUT2D eigenvalue weighted by atomic mass is 9.88. The normalized spacial score (nSPS) is 24.3. The number of terminal acetylenes is 1. The Kier molecular flexibility index (Phi) is 9.39. The summed E-state index contributed by atoms with van der Waals surface area (Å²) in [6.45, 7) is 8.15. The van der Waals surface area contributed by atoms with Crippen molar-refractivity contribution in [1.29, 1.82) is 0 Å². The van der Waals surface area contributed by atoms with Crippen LogP contribution in [0.5, 0.6) is 0 Å². The Morgan fingerprint density at radius 1 is 1.21 bits per heavy atom. The zero-order valence-corrected chi connectivity index (χ0v) is 23.7. The lowest BCUT2D eigenvalue weighted by molar-refractivity contribution is -0.137. The first-order valence-electron chi connectivity index (χ1n) is 14.4. The smallest absolute Gasteiger partial charge is 0.228 e. The number of carbonyl (C=O) groups is 1. The fraction of sp³-hybridized carbons (Fsp3) is 0.581. The van der Waals surface area contributed by atoms with E-state index in [1.54, 1.807) is 6.33 Å². The molecular weight excluding hydrogens is 510 g/mol. The highest BCUT2D eigenvalue weighted by Gasteiger charge is 2.36. The van der Waals surface area contributed by atoms with Gasteiger partial charge in [-0.05, 0) is 43.8 Å². The van der Waals surface area contributed by atoms with Gasteiger partial charge in [-0.25, -0.2) is 9.97 Å². The summed E-state index contributed by atoms with van der Waals surface area (Å²) in [6.07, 6.45) is 22.1. The highest BCUT2D eigenvalue weighted by Crippen LogP contribution is 2.37. The summed E-state index contributed by atoms with van der Waals surface area (Å²) < 4.78 is 5.63. The van der Waals surface area contributed by atoms with Gasteiger partial charge >= 0.3 is 0 Å². The molecule has 5 rings (SSSR count). The summed E-state index contributed by atoms with van der Waals surface area (Å²) in [4.78, 5) is 30.3. The van der Waals surface area contributed by atoms with Crippen LogP contribution in [0.15, 0.2) is 41.7 Å². The number of aromatic nitrogens is 2. The van der Waals surface area contributed by atoms with E-state index in [0.717, 1.165) is 64.3 Å². The summed E-state index contributed by atoms with van der Waals surface area (Å²) in [5.41, 5.74) is 2.49. The Hall–Kier alpha value is -2.66. The molecule has 0 saturated carbocycles. The van der Waals surface area contributed by atoms with E-state index in [4.69, 9.17) is 22.8 Å². The van der Waals surface area contributed by atoms with Crippen LogP contribution in [0.25, 0.3) is 0 Å². The second kappa shape index (κ2) is 13.1. The molecule has 0 aromatic carbocycles. The Labute approximate surface area is 237 Å². The van der Waals surface area contributed by atoms with Crippen molar-refractivity contribution in [3.05, 3.63) is 53.0 Å². The molecule has 3 atom stereocenters. The molecule has 208 valence electrons. The van der Waals surface area contributed by atoms with Crippen molar-refractivity contribution in [2.75, 3.05) is 57.4 Å². The molecule has 3 unspecified atom stereocenters. The van der Waals surface area contributed by atoms with Crippen molar-refractivity contribution in [1.82, 2.24) is 19.8 Å². The van der Waals surface area contributed by atoms with Crippen LogP contribution in [0.3, 0.4) is 0 Å². The minimum absolute atomic E-state index is 0.0396. The number of piperazine rings is 1. The number of ether oxygens (including phenoxy) is 1. The molecule has 1 aromatic heterocycles. The van der Waals surface area contributed by atoms with E-state index in [2.05, 4.69) is 49.7 Å². The quantitative estimate of drug-likeness (QED) is 0.454. The Bertz CT molecular complexity index is 1140. The molecule has 2 saturated heterocycles. The molecule has 39 heavy (non-hydrogen) atoms. The van der Waals surface area contributed by atoms with Gasteiger partial charge in [0, 0.05) is 87.2 Å². The van der Waals surface area contributed by atoms with Crippen molar-refractivity contribution in [3.63, 3.8) is 0 Å². The van der Waals surface area contributed by atoms with Gasteiger partial charge in [-0.15, -0.1) is 12.3 Å². The van der Waals surface area contributed by atoms with Crippen molar-refractivity contribution >= 4 is 23.3 Å². The molecule has 0 N–H and O–H groups in total. The summed E-state index contributed by atoms with van der Waals surface area (Å²) in [6, 6.07) is 0.376. The first-order chi connectivity index (χ1) is 19.0. The van der Waals surface area contributed by atoms with Crippen molar-refractivity contribution in [3.8, 4) is 12.3 Å². The topological polar surface area (TPSA) is 61.8 Å². The number of halogens is 1. The van der Waals surface area contributed by atoms with Crippen LogP contribution in [0.2, 0.25) is 0 Å². The number of nitrogens with zero attached hydrogens (tertiary/aromatic N) is 5. The lowest BCUT2D eigenvalue weighted by Gasteiger charge is -2.41. The fourth-order valence-electron chi connectivity index (χ4n) is 6.41. The maximum atomic E-state index is 14.2. The van der Waals surface area contributed by atoms with Gasteiger partial charge in [0.15, 0.2) is 0 Å². The zero-order chi connectivity index (χ0) is 27.2. The average molecular weight is 550 g/mol. The predicted octanol–water partition coefficient (Wildman–Crippen LogP) is 4.16. The van der Waals surface area contributed by atoms with Gasteiger partial charge in [0.1, 0.15) is 12.1 Å². The number of fused-ring (bicyclic) bond motifs is 1. The molecule has 2 aliphatic heterocycles. The van der Waals surface area contributed by atoms with Gasteiger partial charge in [0.25, 0.3) is 0 Å². The summed E-state index contributed by atoms with van der Waals surface area (Å²) >= 11 is 6.31. The number of aryl methyl sites for hydroxylation is 1. The molecule has 2 aliphatic carbocycles. The molecule has 0 spiro atoms. The number of anilines is 1. The van der Waals surface area contributed by atoms with E-state index < -0.39 is 0 Å². The molecule has 0 radical (unpaired) electrons. The molecule has 0 bridgehead atoms. The second-order valence-electron chi connectivity index (χ2n) is 11.1. The van der Waals surface area contributed by atoms with E-state index in [-0.39, 0.29) is 17.7 Å². The molecule has 3 heterocycles. The third-order valence-electron chi connectivity index (χ3n) is 8.67. The Morgan fingerprint density at radius 3 is 2.77 bits per heavy atom. The van der Waals surface area contributed by atoms with Crippen molar-refractivity contribution < 1.29 is 9.53 Å². The van der Waals surface area contributed by atoms with Gasteiger partial charge in [-0.3, -0.25) is 9.69 Å². The van der Waals surface area contributed by atoms with E-state index >= 15 is 0 Å². The second-order valence-corrected chi connectivity index (χ2v) is 11.5. The molecule has 4 aliphatic rings. The van der Waals surface area contributed by atoms with Gasteiger partial charge in [-0.1, -0.05) is 36.8 Å². The lowest BCUT2D eigenvalue weighted by Crippen LogP contribution is -2.54. The number of allylic oxidation sites excluding steroid dienone is 6. The summed E-state index contributed by atoms with van der Waals surface area (Å²) in [5, 5.41) is 0.675. The zero-order valence-electron chi connectivity index (χ0n) is 23.0. The highest BCUT2D eigenvalue weighted by molar-refractivity contribution is 6.31. The average Bonchev–Trinajstić information content (AvgIpc) is 3.22. The Morgan fingerprint density at radius 2 is 2.00 bits per heavy atom. The van der Waals surface area contributed by atoms with Crippen molar-refractivity contribution in [2.24, 2.45) is 11.8 Å². The van der Waals surface area contributed by atoms with Gasteiger partial charge in [0.05, 0.1) is 5.92 Å². The van der Waals surface area contributed by atoms with E-state index in [9.17, 15) is 4.79 Å². The van der Waals surface area contributed by atoms with Gasteiger partial charge < -0.3 is 14.5 Å². The standard InChI is InChI=1S/C31H40ClN5O2/c1-3-4-14-37(26-12-19-39-20-13-26)21-27(24-6-5-7-25(32)10-9-24)31(38)36-17-15-35(16-18-36)30-29-23(2)8-11-28(29)33-22-34-30/h1,5-7,9-10,22-24,26-27H,4,8,11-21H2,2H3. The summed E-state index contributed by atoms with van der Waals surface area (Å²) in [5.74, 6) is 4.28. The predicted molar refractivity (Wildman–Crippen MR) is 156 cm³/mol. The molecule has 2 fully saturated rings. The maximum Gasteiger partial charge on any atom is 0.228 e. The van der Waals surface area contributed by atoms with Crippen LogP contribution in [0.4, 0.5) is 5.82 Å². The first kappa shape index (κ1) is 27.9. The van der Waals surface area contributed by atoms with Crippen LogP contribution in [-0.2, 0) is 16.0 Å². The first-order valence-corrected chi connectivity index (χ1v) is 14.8. The van der Waals surface area contributed by atoms with Crippen LogP contribution in [0, 0.1) is 24.2 Å². The molecule has 7 nitrogen and oxygen atoms in total. The molecule has 8 heteroatoms. The number of amides is 1. The van der Waals surface area contributed by atoms with Crippen LogP contribution in [-0.4, -0.2) is 84.2 Å². The molecule has 1 aromatic rings. The van der Waals surface area contributed by atoms with E-state index in [0.29, 0.717) is 43.0 Å². The number of rotatable bonds is 8. The minimum atomic E-state index is -0.219. The van der Waals surface area contributed by atoms with Gasteiger partial charge in [-0.2, -0.15) is 0 Å². The van der Waals surface area contributed by atoms with Crippen LogP contribution >= 0.6 is 11.6 Å². The number of hydrogen-bond acceptors (Lipinski definition) is 6. The third kappa shape index (κ3) is 6.57. The largest absolute Gasteiger partial charge is 0.381 e. The van der Waals surface area contributed by atoms with E-state index in [1.807, 2.05) is 18.2 Å². The monoisotopic (exact) mass is 549 g/mol. The third-order valence-corrected chi connectivity index (χ3v) is 8.93. The van der Waals surface area contributed by atoms with Gasteiger partial charge in [0.2, 0.25) is 5.91 Å². The molecular formula is C31H40ClN5O2. The maximum absolute atomic E-state index is 14.2. The summed E-state index contributed by atoms with van der Waals surface area (Å²) in [7, 11) is 0. The number of carbonyl (C=O) groups excluding carboxylic acids is 1. The fourth-order valence-corrected chi connectivity index (χ4v) is 6.56.